The van der Waals surface area contributed by atoms with Gasteiger partial charge in [-0.05, 0) is 6.42 Å². The van der Waals surface area contributed by atoms with E-state index in [0.29, 0.717) is 6.54 Å². The van der Waals surface area contributed by atoms with E-state index < -0.39 is 0 Å². The topological polar surface area (TPSA) is 40.5 Å². The molecule has 0 aromatic rings. The number of hydrogen-bond donors (Lipinski definition) is 1. The summed E-state index contributed by atoms with van der Waals surface area (Å²) in [4.78, 5) is 12.4. The van der Waals surface area contributed by atoms with Crippen LogP contribution >= 0.6 is 0 Å². The Balaban J connectivity index is -0.000000266. The second-order valence-corrected chi connectivity index (χ2v) is 2.23. The standard InChI is InChI=1S/C7H15NO2.2C2H6/c1-3-4-8(5-6-9)7(2)10;2*1-2/h9H,3-6H2,1-2H3;2*1-2H3. The highest BCUT2D eigenvalue weighted by Gasteiger charge is 2.04. The normalized spacial score (nSPS) is 7.64. The quantitative estimate of drug-likeness (QED) is 0.765. The van der Waals surface area contributed by atoms with Crippen molar-refractivity contribution >= 4 is 5.91 Å². The summed E-state index contributed by atoms with van der Waals surface area (Å²) in [5.74, 6) is 0.0379. The molecule has 1 N–H and O–H groups in total. The Morgan fingerprint density at radius 3 is 1.79 bits per heavy atom. The minimum absolute atomic E-state index is 0.0379. The third kappa shape index (κ3) is 14.0. The van der Waals surface area contributed by atoms with Crippen molar-refractivity contribution in [2.24, 2.45) is 0 Å². The Morgan fingerprint density at radius 2 is 1.57 bits per heavy atom. The van der Waals surface area contributed by atoms with E-state index in [1.54, 1.807) is 4.90 Å². The van der Waals surface area contributed by atoms with Crippen molar-refractivity contribution < 1.29 is 9.90 Å². The molecule has 0 saturated heterocycles. The van der Waals surface area contributed by atoms with Crippen molar-refractivity contribution in [3.05, 3.63) is 0 Å². The summed E-state index contributed by atoms with van der Waals surface area (Å²) in [6.45, 7) is 12.8. The molecule has 88 valence electrons. The van der Waals surface area contributed by atoms with Gasteiger partial charge in [0.15, 0.2) is 0 Å². The molecule has 0 aromatic carbocycles. The van der Waals surface area contributed by atoms with Gasteiger partial charge in [0.05, 0.1) is 6.61 Å². The van der Waals surface area contributed by atoms with E-state index in [1.165, 1.54) is 6.92 Å². The summed E-state index contributed by atoms with van der Waals surface area (Å²) in [5.41, 5.74) is 0. The summed E-state index contributed by atoms with van der Waals surface area (Å²) in [7, 11) is 0. The fraction of sp³-hybridized carbons (Fsp3) is 0.909. The first-order valence-corrected chi connectivity index (χ1v) is 5.58. The molecule has 0 aliphatic carbocycles. The van der Waals surface area contributed by atoms with Crippen LogP contribution in [-0.2, 0) is 4.79 Å². The largest absolute Gasteiger partial charge is 0.395 e. The van der Waals surface area contributed by atoms with E-state index in [0.717, 1.165) is 13.0 Å². The van der Waals surface area contributed by atoms with Crippen LogP contribution < -0.4 is 0 Å². The molecule has 0 rings (SSSR count). The number of nitrogens with zero attached hydrogens (tertiary/aromatic N) is 1. The zero-order valence-corrected chi connectivity index (χ0v) is 10.6. The summed E-state index contributed by atoms with van der Waals surface area (Å²) in [6.07, 6.45) is 0.944. The van der Waals surface area contributed by atoms with Gasteiger partial charge in [-0.3, -0.25) is 4.79 Å². The van der Waals surface area contributed by atoms with Gasteiger partial charge in [-0.2, -0.15) is 0 Å². The third-order valence-corrected chi connectivity index (χ3v) is 1.31. The Bertz CT molecular complexity index is 99.5. The van der Waals surface area contributed by atoms with Crippen LogP contribution in [-0.4, -0.2) is 35.6 Å². The number of aliphatic hydroxyl groups excluding tert-OH is 1. The molecular formula is C11H27NO2. The Morgan fingerprint density at radius 1 is 1.14 bits per heavy atom. The second-order valence-electron chi connectivity index (χ2n) is 2.23. The van der Waals surface area contributed by atoms with Gasteiger partial charge in [0.1, 0.15) is 0 Å². The van der Waals surface area contributed by atoms with Crippen molar-refractivity contribution in [1.29, 1.82) is 0 Å². The van der Waals surface area contributed by atoms with E-state index in [1.807, 2.05) is 34.6 Å². The number of carbonyl (C=O) groups is 1. The highest BCUT2D eigenvalue weighted by Crippen LogP contribution is 1.90. The first-order chi connectivity index (χ1) is 6.72. The van der Waals surface area contributed by atoms with E-state index >= 15 is 0 Å². The van der Waals surface area contributed by atoms with Gasteiger partial charge in [0.2, 0.25) is 5.91 Å². The molecule has 0 spiro atoms. The maximum atomic E-state index is 10.7. The molecule has 0 heterocycles. The Kier molecular flexibility index (Phi) is 24.9. The van der Waals surface area contributed by atoms with Crippen LogP contribution in [0.25, 0.3) is 0 Å². The summed E-state index contributed by atoms with van der Waals surface area (Å²) < 4.78 is 0. The van der Waals surface area contributed by atoms with E-state index in [-0.39, 0.29) is 12.5 Å². The van der Waals surface area contributed by atoms with Gasteiger partial charge < -0.3 is 10.0 Å². The Hall–Kier alpha value is -0.570. The maximum Gasteiger partial charge on any atom is 0.219 e. The molecule has 1 amide bonds. The zero-order valence-electron chi connectivity index (χ0n) is 10.6. The van der Waals surface area contributed by atoms with Crippen molar-refractivity contribution in [2.75, 3.05) is 19.7 Å². The molecule has 14 heavy (non-hydrogen) atoms. The molecule has 0 aliphatic rings. The van der Waals surface area contributed by atoms with Crippen LogP contribution in [0, 0.1) is 0 Å². The zero-order chi connectivity index (χ0) is 12.0. The number of amides is 1. The predicted octanol–water partition coefficient (Wildman–Crippen LogP) is 2.29. The van der Waals surface area contributed by atoms with Crippen molar-refractivity contribution in [2.45, 2.75) is 48.0 Å². The van der Waals surface area contributed by atoms with Crippen LogP contribution in [0.4, 0.5) is 0 Å². The average Bonchev–Trinajstić information content (AvgIpc) is 2.23. The monoisotopic (exact) mass is 205 g/mol. The van der Waals surface area contributed by atoms with Gasteiger partial charge in [0.25, 0.3) is 0 Å². The van der Waals surface area contributed by atoms with Gasteiger partial charge in [-0.15, -0.1) is 0 Å². The van der Waals surface area contributed by atoms with Crippen LogP contribution in [0.5, 0.6) is 0 Å². The van der Waals surface area contributed by atoms with Crippen LogP contribution in [0.3, 0.4) is 0 Å². The fourth-order valence-corrected chi connectivity index (χ4v) is 0.817. The molecule has 3 nitrogen and oxygen atoms in total. The van der Waals surface area contributed by atoms with Gasteiger partial charge in [-0.1, -0.05) is 34.6 Å². The maximum absolute atomic E-state index is 10.7. The van der Waals surface area contributed by atoms with Gasteiger partial charge in [0, 0.05) is 20.0 Å². The minimum Gasteiger partial charge on any atom is -0.395 e. The molecular weight excluding hydrogens is 178 g/mol. The molecule has 0 unspecified atom stereocenters. The summed E-state index contributed by atoms with van der Waals surface area (Å²) >= 11 is 0. The summed E-state index contributed by atoms with van der Waals surface area (Å²) in [6, 6.07) is 0. The lowest BCUT2D eigenvalue weighted by Crippen LogP contribution is -2.32. The number of rotatable bonds is 4. The van der Waals surface area contributed by atoms with Crippen LogP contribution in [0.1, 0.15) is 48.0 Å². The molecule has 0 bridgehead atoms. The van der Waals surface area contributed by atoms with E-state index in [4.69, 9.17) is 5.11 Å². The lowest BCUT2D eigenvalue weighted by molar-refractivity contribution is -0.129. The van der Waals surface area contributed by atoms with Crippen molar-refractivity contribution in [3.63, 3.8) is 0 Å². The lowest BCUT2D eigenvalue weighted by atomic mass is 10.4. The van der Waals surface area contributed by atoms with Gasteiger partial charge >= 0.3 is 0 Å². The predicted molar refractivity (Wildman–Crippen MR) is 62.3 cm³/mol. The molecule has 0 saturated carbocycles. The van der Waals surface area contributed by atoms with Crippen molar-refractivity contribution in [1.82, 2.24) is 4.90 Å². The average molecular weight is 205 g/mol. The lowest BCUT2D eigenvalue weighted by Gasteiger charge is -2.18. The number of carbonyl (C=O) groups excluding carboxylic acids is 1. The molecule has 0 atom stereocenters. The fourth-order valence-electron chi connectivity index (χ4n) is 0.817. The van der Waals surface area contributed by atoms with Crippen molar-refractivity contribution in [3.8, 4) is 0 Å². The summed E-state index contributed by atoms with van der Waals surface area (Å²) in [5, 5.41) is 8.52. The molecule has 0 aliphatic heterocycles. The second kappa shape index (κ2) is 18.3. The highest BCUT2D eigenvalue weighted by molar-refractivity contribution is 5.73. The van der Waals surface area contributed by atoms with E-state index in [9.17, 15) is 4.79 Å². The van der Waals surface area contributed by atoms with Crippen LogP contribution in [0.2, 0.25) is 0 Å². The SMILES string of the molecule is CC.CC.CCCN(CCO)C(C)=O. The van der Waals surface area contributed by atoms with E-state index in [2.05, 4.69) is 0 Å². The first kappa shape index (κ1) is 19.1. The Labute approximate surface area is 89.1 Å². The highest BCUT2D eigenvalue weighted by atomic mass is 16.3. The minimum atomic E-state index is 0.0379. The molecule has 0 fully saturated rings. The molecule has 0 aromatic heterocycles. The number of hydrogen-bond acceptors (Lipinski definition) is 2. The first-order valence-electron chi connectivity index (χ1n) is 5.58. The molecule has 0 radical (unpaired) electrons. The molecule has 3 heteroatoms. The third-order valence-electron chi connectivity index (χ3n) is 1.31. The van der Waals surface area contributed by atoms with Crippen LogP contribution in [0.15, 0.2) is 0 Å². The van der Waals surface area contributed by atoms with Gasteiger partial charge in [-0.25, -0.2) is 0 Å². The number of aliphatic hydroxyl groups is 1. The smallest absolute Gasteiger partial charge is 0.219 e.